The third kappa shape index (κ3) is 1.93. The van der Waals surface area contributed by atoms with Gasteiger partial charge in [0.1, 0.15) is 5.75 Å². The number of nitrogens with one attached hydrogen (secondary N) is 1. The van der Waals surface area contributed by atoms with Crippen LogP contribution in [0, 0.1) is 0 Å². The van der Waals surface area contributed by atoms with Gasteiger partial charge in [-0.15, -0.1) is 0 Å². The van der Waals surface area contributed by atoms with Crippen molar-refractivity contribution in [1.29, 1.82) is 0 Å². The van der Waals surface area contributed by atoms with Gasteiger partial charge in [0.2, 0.25) is 0 Å². The summed E-state index contributed by atoms with van der Waals surface area (Å²) >= 11 is 0. The molecule has 18 heavy (non-hydrogen) atoms. The summed E-state index contributed by atoms with van der Waals surface area (Å²) in [5.41, 5.74) is 2.72. The van der Waals surface area contributed by atoms with Gasteiger partial charge in [0, 0.05) is 17.6 Å². The summed E-state index contributed by atoms with van der Waals surface area (Å²) in [5.74, 6) is 0.847. The Morgan fingerprint density at radius 3 is 2.83 bits per heavy atom. The molecule has 0 spiro atoms. The van der Waals surface area contributed by atoms with Gasteiger partial charge in [-0.1, -0.05) is 6.07 Å². The molecule has 0 atom stereocenters. The zero-order valence-corrected chi connectivity index (χ0v) is 10.1. The van der Waals surface area contributed by atoms with Gasteiger partial charge in [-0.05, 0) is 31.2 Å². The summed E-state index contributed by atoms with van der Waals surface area (Å²) in [5, 5.41) is 7.95. The first kappa shape index (κ1) is 10.8. The predicted molar refractivity (Wildman–Crippen MR) is 70.5 cm³/mol. The number of benzene rings is 1. The molecule has 1 N–H and O–H groups in total. The van der Waals surface area contributed by atoms with Crippen molar-refractivity contribution in [2.75, 3.05) is 6.61 Å². The lowest BCUT2D eigenvalue weighted by atomic mass is 10.1. The zero-order chi connectivity index (χ0) is 12.4. The Morgan fingerprint density at radius 2 is 2.06 bits per heavy atom. The lowest BCUT2D eigenvalue weighted by molar-refractivity contribution is 0.340. The Hall–Kier alpha value is -2.36. The van der Waals surface area contributed by atoms with Gasteiger partial charge in [-0.3, -0.25) is 5.10 Å². The van der Waals surface area contributed by atoms with E-state index in [2.05, 4.69) is 15.2 Å². The summed E-state index contributed by atoms with van der Waals surface area (Å²) in [4.78, 5) is 4.61. The minimum Gasteiger partial charge on any atom is -0.494 e. The summed E-state index contributed by atoms with van der Waals surface area (Å²) in [6.07, 6.45) is 1.72. The molecule has 1 aromatic carbocycles. The molecule has 4 heteroatoms. The second-order valence-corrected chi connectivity index (χ2v) is 3.95. The summed E-state index contributed by atoms with van der Waals surface area (Å²) in [7, 11) is 0. The van der Waals surface area contributed by atoms with Gasteiger partial charge in [0.05, 0.1) is 23.5 Å². The predicted octanol–water partition coefficient (Wildman–Crippen LogP) is 3.02. The molecule has 0 aliphatic carbocycles. The standard InChI is InChI=1S/C14H13N3O/c1-2-18-11-5-3-10-4-6-12(16-14(10)9-11)13-7-8-15-17-13/h3-9H,2H2,1H3,(H,15,17). The Kier molecular flexibility index (Phi) is 2.68. The molecular formula is C14H13N3O. The molecule has 0 radical (unpaired) electrons. The van der Waals surface area contributed by atoms with Crippen molar-refractivity contribution in [3.8, 4) is 17.1 Å². The average molecular weight is 239 g/mol. The zero-order valence-electron chi connectivity index (χ0n) is 10.1. The van der Waals surface area contributed by atoms with E-state index in [0.29, 0.717) is 6.61 Å². The smallest absolute Gasteiger partial charge is 0.121 e. The van der Waals surface area contributed by atoms with Crippen molar-refractivity contribution in [2.24, 2.45) is 0 Å². The quantitative estimate of drug-likeness (QED) is 0.764. The topological polar surface area (TPSA) is 50.8 Å². The van der Waals surface area contributed by atoms with Crippen LogP contribution in [0.4, 0.5) is 0 Å². The molecular weight excluding hydrogens is 226 g/mol. The lowest BCUT2D eigenvalue weighted by Crippen LogP contribution is -1.92. The highest BCUT2D eigenvalue weighted by atomic mass is 16.5. The molecule has 0 saturated carbocycles. The maximum absolute atomic E-state index is 5.48. The highest BCUT2D eigenvalue weighted by Crippen LogP contribution is 2.22. The number of hydrogen-bond acceptors (Lipinski definition) is 3. The van der Waals surface area contributed by atoms with Crippen molar-refractivity contribution in [3.05, 3.63) is 42.6 Å². The van der Waals surface area contributed by atoms with Gasteiger partial charge in [0.25, 0.3) is 0 Å². The third-order valence-electron chi connectivity index (χ3n) is 2.75. The molecule has 3 rings (SSSR count). The number of aromatic nitrogens is 3. The minimum atomic E-state index is 0.658. The fraction of sp³-hybridized carbons (Fsp3) is 0.143. The Morgan fingerprint density at radius 1 is 1.17 bits per heavy atom. The van der Waals surface area contributed by atoms with E-state index in [-0.39, 0.29) is 0 Å². The van der Waals surface area contributed by atoms with Crippen LogP contribution in [0.2, 0.25) is 0 Å². The van der Waals surface area contributed by atoms with Crippen LogP contribution in [-0.2, 0) is 0 Å². The fourth-order valence-electron chi connectivity index (χ4n) is 1.90. The number of rotatable bonds is 3. The number of ether oxygens (including phenoxy) is 1. The SMILES string of the molecule is CCOc1ccc2ccc(-c3ccn[nH]3)nc2c1. The van der Waals surface area contributed by atoms with E-state index in [1.54, 1.807) is 6.20 Å². The van der Waals surface area contributed by atoms with E-state index in [4.69, 9.17) is 4.74 Å². The van der Waals surface area contributed by atoms with Crippen molar-refractivity contribution < 1.29 is 4.74 Å². The lowest BCUT2D eigenvalue weighted by Gasteiger charge is -2.05. The normalized spacial score (nSPS) is 10.7. The van der Waals surface area contributed by atoms with Crippen molar-refractivity contribution in [1.82, 2.24) is 15.2 Å². The number of hydrogen-bond donors (Lipinski definition) is 1. The van der Waals surface area contributed by atoms with Crippen molar-refractivity contribution in [3.63, 3.8) is 0 Å². The Bertz CT molecular complexity index is 662. The molecule has 0 amide bonds. The Balaban J connectivity index is 2.09. The van der Waals surface area contributed by atoms with E-state index in [1.165, 1.54) is 0 Å². The first-order chi connectivity index (χ1) is 8.86. The van der Waals surface area contributed by atoms with Gasteiger partial charge in [-0.2, -0.15) is 5.10 Å². The van der Waals surface area contributed by atoms with E-state index in [1.807, 2.05) is 43.3 Å². The van der Waals surface area contributed by atoms with E-state index in [9.17, 15) is 0 Å². The second-order valence-electron chi connectivity index (χ2n) is 3.95. The fourth-order valence-corrected chi connectivity index (χ4v) is 1.90. The maximum atomic E-state index is 5.48. The van der Waals surface area contributed by atoms with E-state index >= 15 is 0 Å². The van der Waals surface area contributed by atoms with Crippen molar-refractivity contribution in [2.45, 2.75) is 6.92 Å². The molecule has 0 saturated heterocycles. The van der Waals surface area contributed by atoms with Crippen LogP contribution in [-0.4, -0.2) is 21.8 Å². The maximum Gasteiger partial charge on any atom is 0.121 e. The average Bonchev–Trinajstić information content (AvgIpc) is 2.92. The second kappa shape index (κ2) is 4.49. The Labute approximate surface area is 105 Å². The summed E-state index contributed by atoms with van der Waals surface area (Å²) < 4.78 is 5.48. The monoisotopic (exact) mass is 239 g/mol. The molecule has 0 aliphatic heterocycles. The van der Waals surface area contributed by atoms with Gasteiger partial charge >= 0.3 is 0 Å². The highest BCUT2D eigenvalue weighted by molar-refractivity contribution is 5.82. The number of H-pyrrole nitrogens is 1. The molecule has 0 aliphatic rings. The van der Waals surface area contributed by atoms with Crippen LogP contribution in [0.15, 0.2) is 42.6 Å². The molecule has 0 fully saturated rings. The molecule has 4 nitrogen and oxygen atoms in total. The van der Waals surface area contributed by atoms with Crippen molar-refractivity contribution >= 4 is 10.9 Å². The molecule has 3 aromatic rings. The highest BCUT2D eigenvalue weighted by Gasteiger charge is 2.03. The van der Waals surface area contributed by atoms with Gasteiger partial charge in [-0.25, -0.2) is 4.98 Å². The summed E-state index contributed by atoms with van der Waals surface area (Å²) in [6, 6.07) is 11.9. The number of nitrogens with zero attached hydrogens (tertiary/aromatic N) is 2. The molecule has 2 heterocycles. The third-order valence-corrected chi connectivity index (χ3v) is 2.75. The molecule has 0 bridgehead atoms. The largest absolute Gasteiger partial charge is 0.494 e. The van der Waals surface area contributed by atoms with Crippen LogP contribution in [0.1, 0.15) is 6.92 Å². The van der Waals surface area contributed by atoms with E-state index < -0.39 is 0 Å². The first-order valence-corrected chi connectivity index (χ1v) is 5.90. The number of pyridine rings is 1. The van der Waals surface area contributed by atoms with Crippen LogP contribution < -0.4 is 4.74 Å². The van der Waals surface area contributed by atoms with Crippen LogP contribution >= 0.6 is 0 Å². The molecule has 90 valence electrons. The first-order valence-electron chi connectivity index (χ1n) is 5.90. The molecule has 0 unspecified atom stereocenters. The van der Waals surface area contributed by atoms with Crippen LogP contribution in [0.5, 0.6) is 5.75 Å². The minimum absolute atomic E-state index is 0.658. The van der Waals surface area contributed by atoms with Crippen LogP contribution in [0.3, 0.4) is 0 Å². The van der Waals surface area contributed by atoms with E-state index in [0.717, 1.165) is 28.0 Å². The van der Waals surface area contributed by atoms with Gasteiger partial charge in [0.15, 0.2) is 0 Å². The number of fused-ring (bicyclic) bond motifs is 1. The van der Waals surface area contributed by atoms with Crippen LogP contribution in [0.25, 0.3) is 22.3 Å². The number of aromatic amines is 1. The van der Waals surface area contributed by atoms with Gasteiger partial charge < -0.3 is 4.74 Å². The molecule has 2 aromatic heterocycles. The summed E-state index contributed by atoms with van der Waals surface area (Å²) in [6.45, 7) is 2.63.